The van der Waals surface area contributed by atoms with Gasteiger partial charge in [-0.2, -0.15) is 0 Å². The first-order valence-corrected chi connectivity index (χ1v) is 7.82. The fourth-order valence-corrected chi connectivity index (χ4v) is 3.96. The molecule has 4 heteroatoms. The van der Waals surface area contributed by atoms with E-state index in [0.29, 0.717) is 19.1 Å². The maximum Gasteiger partial charge on any atom is 0.303 e. The topological polar surface area (TPSA) is 55.8 Å². The smallest absolute Gasteiger partial charge is 0.303 e. The van der Waals surface area contributed by atoms with Crippen molar-refractivity contribution < 1.29 is 19.4 Å². The van der Waals surface area contributed by atoms with E-state index in [1.54, 1.807) is 0 Å². The Morgan fingerprint density at radius 3 is 2.52 bits per heavy atom. The van der Waals surface area contributed by atoms with Crippen molar-refractivity contribution >= 4 is 5.97 Å². The molecule has 21 heavy (non-hydrogen) atoms. The van der Waals surface area contributed by atoms with E-state index in [9.17, 15) is 9.90 Å². The molecular formula is C17H20O4. The second-order valence-electron chi connectivity index (χ2n) is 6.39. The average Bonchev–Trinajstić information content (AvgIpc) is 2.98. The van der Waals surface area contributed by atoms with Crippen LogP contribution in [-0.4, -0.2) is 24.3 Å². The molecule has 1 fully saturated rings. The van der Waals surface area contributed by atoms with Gasteiger partial charge in [-0.3, -0.25) is 4.79 Å². The zero-order valence-electron chi connectivity index (χ0n) is 12.3. The molecule has 112 valence electrons. The van der Waals surface area contributed by atoms with Crippen molar-refractivity contribution in [1.29, 1.82) is 0 Å². The van der Waals surface area contributed by atoms with Crippen LogP contribution in [0.1, 0.15) is 47.4 Å². The van der Waals surface area contributed by atoms with Crippen molar-refractivity contribution in [3.05, 3.63) is 22.3 Å². The lowest BCUT2D eigenvalue weighted by Crippen LogP contribution is -2.12. The number of ether oxygens (including phenoxy) is 2. The average molecular weight is 288 g/mol. The lowest BCUT2D eigenvalue weighted by atomic mass is 9.83. The van der Waals surface area contributed by atoms with Gasteiger partial charge in [-0.05, 0) is 31.2 Å². The second kappa shape index (κ2) is 4.65. The van der Waals surface area contributed by atoms with Crippen LogP contribution in [0.3, 0.4) is 0 Å². The van der Waals surface area contributed by atoms with Gasteiger partial charge in [0.25, 0.3) is 0 Å². The molecule has 1 aromatic rings. The molecule has 1 atom stereocenters. The summed E-state index contributed by atoms with van der Waals surface area (Å²) in [4.78, 5) is 11.3. The third kappa shape index (κ3) is 2.00. The van der Waals surface area contributed by atoms with Crippen LogP contribution in [0.4, 0.5) is 0 Å². The summed E-state index contributed by atoms with van der Waals surface area (Å²) < 4.78 is 11.8. The van der Waals surface area contributed by atoms with Gasteiger partial charge >= 0.3 is 5.97 Å². The standard InChI is InChI=1S/C17H20O4/c1-9-11-4-6-21-17(11)15(12-5-7-20-16(9)12)13(8-14(18)19)10-2-3-10/h10,13H,2-8H2,1H3,(H,18,19). The number of carboxylic acid groups (broad SMARTS) is 1. The zero-order valence-corrected chi connectivity index (χ0v) is 12.3. The monoisotopic (exact) mass is 288 g/mol. The Labute approximate surface area is 124 Å². The van der Waals surface area contributed by atoms with Gasteiger partial charge in [0.2, 0.25) is 0 Å². The highest BCUT2D eigenvalue weighted by molar-refractivity contribution is 5.70. The number of carbonyl (C=O) groups is 1. The van der Waals surface area contributed by atoms with Gasteiger partial charge in [-0.15, -0.1) is 0 Å². The van der Waals surface area contributed by atoms with Crippen molar-refractivity contribution in [2.24, 2.45) is 5.92 Å². The van der Waals surface area contributed by atoms with Crippen molar-refractivity contribution in [3.8, 4) is 11.5 Å². The molecule has 0 amide bonds. The summed E-state index contributed by atoms with van der Waals surface area (Å²) in [5.41, 5.74) is 4.81. The van der Waals surface area contributed by atoms with Crippen molar-refractivity contribution in [2.75, 3.05) is 13.2 Å². The third-order valence-electron chi connectivity index (χ3n) is 5.06. The first kappa shape index (κ1) is 13.0. The molecule has 1 aliphatic carbocycles. The highest BCUT2D eigenvalue weighted by Crippen LogP contribution is 2.53. The predicted molar refractivity (Wildman–Crippen MR) is 77.3 cm³/mol. The van der Waals surface area contributed by atoms with Crippen molar-refractivity contribution in [3.63, 3.8) is 0 Å². The van der Waals surface area contributed by atoms with E-state index >= 15 is 0 Å². The Balaban J connectivity index is 1.89. The van der Waals surface area contributed by atoms with Gasteiger partial charge in [0, 0.05) is 35.4 Å². The largest absolute Gasteiger partial charge is 0.493 e. The minimum atomic E-state index is -0.716. The van der Waals surface area contributed by atoms with E-state index in [-0.39, 0.29) is 12.3 Å². The number of aliphatic carboxylic acids is 1. The molecule has 0 spiro atoms. The van der Waals surface area contributed by atoms with Gasteiger partial charge in [0.05, 0.1) is 19.6 Å². The molecule has 1 N–H and O–H groups in total. The van der Waals surface area contributed by atoms with Crippen molar-refractivity contribution in [1.82, 2.24) is 0 Å². The molecule has 4 nitrogen and oxygen atoms in total. The first-order valence-electron chi connectivity index (χ1n) is 7.82. The molecule has 1 saturated carbocycles. The molecule has 0 saturated heterocycles. The Bertz CT molecular complexity index is 581. The van der Waals surface area contributed by atoms with Gasteiger partial charge in [0.15, 0.2) is 0 Å². The molecule has 1 aromatic carbocycles. The van der Waals surface area contributed by atoms with Gasteiger partial charge in [0.1, 0.15) is 11.5 Å². The van der Waals surface area contributed by atoms with E-state index in [2.05, 4.69) is 6.92 Å². The predicted octanol–water partition coefficient (Wildman–Crippen LogP) is 2.83. The molecule has 1 unspecified atom stereocenters. The minimum absolute atomic E-state index is 0.0883. The highest BCUT2D eigenvalue weighted by Gasteiger charge is 2.40. The Kier molecular flexibility index (Phi) is 2.88. The maximum absolute atomic E-state index is 11.3. The number of carboxylic acids is 1. The lowest BCUT2D eigenvalue weighted by molar-refractivity contribution is -0.137. The zero-order chi connectivity index (χ0) is 14.6. The van der Waals surface area contributed by atoms with Crippen LogP contribution in [0.15, 0.2) is 0 Å². The summed E-state index contributed by atoms with van der Waals surface area (Å²) in [6.07, 6.45) is 4.27. The van der Waals surface area contributed by atoms with Crippen LogP contribution in [-0.2, 0) is 17.6 Å². The van der Waals surface area contributed by atoms with E-state index in [0.717, 1.165) is 42.7 Å². The van der Waals surface area contributed by atoms with E-state index < -0.39 is 5.97 Å². The summed E-state index contributed by atoms with van der Waals surface area (Å²) in [5, 5.41) is 9.30. The van der Waals surface area contributed by atoms with Gasteiger partial charge in [-0.25, -0.2) is 0 Å². The number of hydrogen-bond donors (Lipinski definition) is 1. The van der Waals surface area contributed by atoms with Crippen LogP contribution in [0.2, 0.25) is 0 Å². The number of benzene rings is 1. The number of hydrogen-bond acceptors (Lipinski definition) is 3. The molecule has 4 rings (SSSR count). The van der Waals surface area contributed by atoms with E-state index in [1.165, 1.54) is 16.7 Å². The van der Waals surface area contributed by atoms with Gasteiger partial charge < -0.3 is 14.6 Å². The summed E-state index contributed by atoms with van der Waals surface area (Å²) in [6, 6.07) is 0. The van der Waals surface area contributed by atoms with Crippen LogP contribution >= 0.6 is 0 Å². The minimum Gasteiger partial charge on any atom is -0.493 e. The first-order chi connectivity index (χ1) is 10.2. The van der Waals surface area contributed by atoms with Crippen LogP contribution in [0, 0.1) is 12.8 Å². The number of fused-ring (bicyclic) bond motifs is 2. The Hall–Kier alpha value is -1.71. The van der Waals surface area contributed by atoms with Crippen molar-refractivity contribution in [2.45, 2.75) is 44.9 Å². The molecule has 0 aromatic heterocycles. The van der Waals surface area contributed by atoms with E-state index in [4.69, 9.17) is 9.47 Å². The highest BCUT2D eigenvalue weighted by atomic mass is 16.5. The number of rotatable bonds is 4. The quantitative estimate of drug-likeness (QED) is 0.925. The fourth-order valence-electron chi connectivity index (χ4n) is 3.96. The Morgan fingerprint density at radius 1 is 1.19 bits per heavy atom. The Morgan fingerprint density at radius 2 is 1.86 bits per heavy atom. The van der Waals surface area contributed by atoms with Gasteiger partial charge in [-0.1, -0.05) is 0 Å². The van der Waals surface area contributed by atoms with Crippen LogP contribution < -0.4 is 9.47 Å². The molecule has 2 heterocycles. The molecule has 0 bridgehead atoms. The fraction of sp³-hybridized carbons (Fsp3) is 0.588. The summed E-state index contributed by atoms with van der Waals surface area (Å²) in [5.74, 6) is 1.86. The van der Waals surface area contributed by atoms with E-state index in [1.807, 2.05) is 0 Å². The van der Waals surface area contributed by atoms with Crippen LogP contribution in [0.25, 0.3) is 0 Å². The molecule has 3 aliphatic rings. The normalized spacial score (nSPS) is 20.4. The second-order valence-corrected chi connectivity index (χ2v) is 6.39. The lowest BCUT2D eigenvalue weighted by Gasteiger charge is -2.22. The maximum atomic E-state index is 11.3. The molecule has 0 radical (unpaired) electrons. The summed E-state index contributed by atoms with van der Waals surface area (Å²) >= 11 is 0. The summed E-state index contributed by atoms with van der Waals surface area (Å²) in [7, 11) is 0. The summed E-state index contributed by atoms with van der Waals surface area (Å²) in [6.45, 7) is 3.51. The molecule has 2 aliphatic heterocycles. The third-order valence-corrected chi connectivity index (χ3v) is 5.06. The van der Waals surface area contributed by atoms with Crippen LogP contribution in [0.5, 0.6) is 11.5 Å². The SMILES string of the molecule is Cc1c2c(c(C(CC(=O)O)C3CC3)c3c1OCC3)OCC2. The molecular weight excluding hydrogens is 268 g/mol.